The molecule has 1 heterocycles. The second kappa shape index (κ2) is 9.60. The summed E-state index contributed by atoms with van der Waals surface area (Å²) in [6.45, 7) is 0.633. The summed E-state index contributed by atoms with van der Waals surface area (Å²) >= 11 is 0. The molecule has 0 aliphatic carbocycles. The molecule has 30 heavy (non-hydrogen) atoms. The van der Waals surface area contributed by atoms with Crippen molar-refractivity contribution in [3.05, 3.63) is 84.9 Å². The minimum Gasteiger partial charge on any atom is -0.489 e. The van der Waals surface area contributed by atoms with Crippen molar-refractivity contribution in [2.45, 2.75) is 12.5 Å². The average Bonchev–Trinajstić information content (AvgIpc) is 3.26. The molecule has 1 unspecified atom stereocenters. The minimum atomic E-state index is -0.527. The van der Waals surface area contributed by atoms with E-state index >= 15 is 0 Å². The lowest BCUT2D eigenvalue weighted by Crippen LogP contribution is -2.32. The van der Waals surface area contributed by atoms with Gasteiger partial charge in [-0.15, -0.1) is 0 Å². The highest BCUT2D eigenvalue weighted by atomic mass is 16.7. The van der Waals surface area contributed by atoms with Gasteiger partial charge >= 0.3 is 6.09 Å². The third-order valence-corrected chi connectivity index (χ3v) is 4.58. The summed E-state index contributed by atoms with van der Waals surface area (Å²) in [7, 11) is 0. The van der Waals surface area contributed by atoms with Crippen molar-refractivity contribution in [3.8, 4) is 22.6 Å². The summed E-state index contributed by atoms with van der Waals surface area (Å²) in [5, 5.41) is 6.74. The smallest absolute Gasteiger partial charge is 0.412 e. The van der Waals surface area contributed by atoms with E-state index in [0.29, 0.717) is 18.8 Å². The standard InChI is InChI=1S/C24H22N2O4/c27-24(29-20-11-5-2-6-12-20)25-16-19-15-21(30-26-19)17-28-23-14-8-7-13-22(23)18-9-3-1-4-10-18/h1-14,21H,15-17H2,(H,25,27). The molecule has 4 rings (SSSR count). The minimum absolute atomic E-state index is 0.198. The quantitative estimate of drug-likeness (QED) is 0.624. The molecule has 1 aliphatic heterocycles. The van der Waals surface area contributed by atoms with E-state index in [9.17, 15) is 4.79 Å². The van der Waals surface area contributed by atoms with Gasteiger partial charge in [0, 0.05) is 12.0 Å². The monoisotopic (exact) mass is 402 g/mol. The van der Waals surface area contributed by atoms with Gasteiger partial charge in [0.25, 0.3) is 0 Å². The van der Waals surface area contributed by atoms with Crippen LogP contribution >= 0.6 is 0 Å². The van der Waals surface area contributed by atoms with Crippen LogP contribution in [0.5, 0.6) is 11.5 Å². The highest BCUT2D eigenvalue weighted by Crippen LogP contribution is 2.30. The van der Waals surface area contributed by atoms with Crippen molar-refractivity contribution in [1.29, 1.82) is 0 Å². The average molecular weight is 402 g/mol. The zero-order valence-corrected chi connectivity index (χ0v) is 16.4. The Labute approximate surface area is 175 Å². The number of amides is 1. The van der Waals surface area contributed by atoms with Crippen LogP contribution < -0.4 is 14.8 Å². The number of oxime groups is 1. The van der Waals surface area contributed by atoms with E-state index in [1.165, 1.54) is 0 Å². The molecule has 0 aromatic heterocycles. The van der Waals surface area contributed by atoms with E-state index in [2.05, 4.69) is 22.6 Å². The Morgan fingerprint density at radius 3 is 2.47 bits per heavy atom. The first-order valence-electron chi connectivity index (χ1n) is 9.77. The van der Waals surface area contributed by atoms with Gasteiger partial charge in [0.15, 0.2) is 6.10 Å². The van der Waals surface area contributed by atoms with E-state index < -0.39 is 6.09 Å². The number of rotatable bonds is 7. The van der Waals surface area contributed by atoms with Crippen LogP contribution in [0, 0.1) is 0 Å². The molecule has 3 aromatic rings. The molecule has 1 N–H and O–H groups in total. The van der Waals surface area contributed by atoms with Crippen LogP contribution in [0.4, 0.5) is 4.79 Å². The van der Waals surface area contributed by atoms with Crippen LogP contribution in [0.25, 0.3) is 11.1 Å². The van der Waals surface area contributed by atoms with Crippen molar-refractivity contribution >= 4 is 11.8 Å². The van der Waals surface area contributed by atoms with Crippen LogP contribution in [0.1, 0.15) is 6.42 Å². The first-order valence-corrected chi connectivity index (χ1v) is 9.77. The number of hydrogen-bond donors (Lipinski definition) is 1. The Hall–Kier alpha value is -3.80. The van der Waals surface area contributed by atoms with Gasteiger partial charge in [-0.2, -0.15) is 0 Å². The number of benzene rings is 3. The van der Waals surface area contributed by atoms with E-state index in [1.54, 1.807) is 24.3 Å². The Morgan fingerprint density at radius 2 is 1.67 bits per heavy atom. The summed E-state index contributed by atoms with van der Waals surface area (Å²) in [5.74, 6) is 1.29. The summed E-state index contributed by atoms with van der Waals surface area (Å²) in [6, 6.07) is 26.9. The number of hydrogen-bond acceptors (Lipinski definition) is 5. The lowest BCUT2D eigenvalue weighted by Gasteiger charge is -2.14. The van der Waals surface area contributed by atoms with Crippen molar-refractivity contribution in [2.75, 3.05) is 13.2 Å². The molecule has 6 nitrogen and oxygen atoms in total. The second-order valence-corrected chi connectivity index (χ2v) is 6.82. The molecule has 0 radical (unpaired) electrons. The first-order chi connectivity index (χ1) is 14.8. The fourth-order valence-electron chi connectivity index (χ4n) is 3.12. The van der Waals surface area contributed by atoms with Gasteiger partial charge in [-0.05, 0) is 23.8 Å². The van der Waals surface area contributed by atoms with E-state index in [4.69, 9.17) is 14.3 Å². The molecular formula is C24H22N2O4. The van der Waals surface area contributed by atoms with E-state index in [0.717, 1.165) is 22.6 Å². The highest BCUT2D eigenvalue weighted by molar-refractivity contribution is 5.89. The van der Waals surface area contributed by atoms with Gasteiger partial charge in [0.2, 0.25) is 0 Å². The zero-order valence-electron chi connectivity index (χ0n) is 16.4. The Morgan fingerprint density at radius 1 is 0.967 bits per heavy atom. The highest BCUT2D eigenvalue weighted by Gasteiger charge is 2.22. The molecule has 0 saturated heterocycles. The number of ether oxygens (including phenoxy) is 2. The van der Waals surface area contributed by atoms with Crippen LogP contribution in [0.15, 0.2) is 90.1 Å². The molecule has 0 spiro atoms. The van der Waals surface area contributed by atoms with Gasteiger partial charge in [-0.3, -0.25) is 0 Å². The van der Waals surface area contributed by atoms with Crippen molar-refractivity contribution in [1.82, 2.24) is 5.32 Å². The molecule has 0 saturated carbocycles. The number of carbonyl (C=O) groups excluding carboxylic acids is 1. The van der Waals surface area contributed by atoms with Crippen LogP contribution in [0.3, 0.4) is 0 Å². The predicted molar refractivity (Wildman–Crippen MR) is 115 cm³/mol. The summed E-state index contributed by atoms with van der Waals surface area (Å²) in [5.41, 5.74) is 2.87. The van der Waals surface area contributed by atoms with E-state index in [-0.39, 0.29) is 12.6 Å². The predicted octanol–water partition coefficient (Wildman–Crippen LogP) is 4.67. The van der Waals surface area contributed by atoms with Crippen molar-refractivity contribution < 1.29 is 19.1 Å². The maximum atomic E-state index is 11.9. The molecule has 1 amide bonds. The zero-order chi connectivity index (χ0) is 20.6. The molecule has 0 bridgehead atoms. The number of carbonyl (C=O) groups is 1. The fraction of sp³-hybridized carbons (Fsp3) is 0.167. The van der Waals surface area contributed by atoms with Crippen molar-refractivity contribution in [3.63, 3.8) is 0 Å². The molecule has 1 atom stereocenters. The van der Waals surface area contributed by atoms with Gasteiger partial charge in [-0.25, -0.2) is 4.79 Å². The lowest BCUT2D eigenvalue weighted by atomic mass is 10.0. The van der Waals surface area contributed by atoms with Crippen LogP contribution in [-0.2, 0) is 4.84 Å². The SMILES string of the molecule is O=C(NCC1=NOC(COc2ccccc2-c2ccccc2)C1)Oc1ccccc1. The van der Waals surface area contributed by atoms with Crippen molar-refractivity contribution in [2.24, 2.45) is 5.16 Å². The normalized spacial score (nSPS) is 15.1. The molecule has 6 heteroatoms. The topological polar surface area (TPSA) is 69.2 Å². The number of para-hydroxylation sites is 2. The maximum absolute atomic E-state index is 11.9. The molecule has 3 aromatic carbocycles. The lowest BCUT2D eigenvalue weighted by molar-refractivity contribution is 0.0472. The van der Waals surface area contributed by atoms with Crippen LogP contribution in [0.2, 0.25) is 0 Å². The Balaban J connectivity index is 1.24. The summed E-state index contributed by atoms with van der Waals surface area (Å²) < 4.78 is 11.2. The fourth-order valence-corrected chi connectivity index (χ4v) is 3.12. The Bertz CT molecular complexity index is 1010. The summed E-state index contributed by atoms with van der Waals surface area (Å²) in [6.07, 6.45) is -0.143. The molecule has 0 fully saturated rings. The molecular weight excluding hydrogens is 380 g/mol. The molecule has 1 aliphatic rings. The van der Waals surface area contributed by atoms with E-state index in [1.807, 2.05) is 48.5 Å². The van der Waals surface area contributed by atoms with Gasteiger partial charge < -0.3 is 19.6 Å². The number of nitrogens with zero attached hydrogens (tertiary/aromatic N) is 1. The second-order valence-electron chi connectivity index (χ2n) is 6.82. The maximum Gasteiger partial charge on any atom is 0.412 e. The summed E-state index contributed by atoms with van der Waals surface area (Å²) in [4.78, 5) is 17.3. The number of nitrogens with one attached hydrogen (secondary N) is 1. The molecule has 152 valence electrons. The largest absolute Gasteiger partial charge is 0.489 e. The Kier molecular flexibility index (Phi) is 6.25. The van der Waals surface area contributed by atoms with Crippen LogP contribution in [-0.4, -0.2) is 31.1 Å². The third-order valence-electron chi connectivity index (χ3n) is 4.58. The van der Waals surface area contributed by atoms with Gasteiger partial charge in [-0.1, -0.05) is 71.9 Å². The van der Waals surface area contributed by atoms with Gasteiger partial charge in [0.1, 0.15) is 18.1 Å². The van der Waals surface area contributed by atoms with Gasteiger partial charge in [0.05, 0.1) is 12.3 Å². The first kappa shape index (κ1) is 19.5. The third kappa shape index (κ3) is 5.17.